The van der Waals surface area contributed by atoms with Gasteiger partial charge in [0, 0.05) is 56.2 Å². The zero-order valence-corrected chi connectivity index (χ0v) is 21.7. The highest BCUT2D eigenvalue weighted by atomic mass is 16.2. The predicted molar refractivity (Wildman–Crippen MR) is 147 cm³/mol. The Kier molecular flexibility index (Phi) is 7.26. The van der Waals surface area contributed by atoms with Crippen LogP contribution in [0.3, 0.4) is 0 Å². The van der Waals surface area contributed by atoms with Crippen molar-refractivity contribution in [2.75, 3.05) is 31.9 Å². The number of urea groups is 1. The molecule has 2 N–H and O–H groups in total. The summed E-state index contributed by atoms with van der Waals surface area (Å²) >= 11 is 0. The first-order valence-electron chi connectivity index (χ1n) is 13.4. The number of nitrogens with two attached hydrogens (primary N) is 1. The molecule has 0 bridgehead atoms. The summed E-state index contributed by atoms with van der Waals surface area (Å²) in [6.45, 7) is 5.77. The standard InChI is InChI=1S/C31H36N4O2/c1-31(12-18-35(19-13-31)30(37)34-16-2-3-17-34)22-23-4-6-25(7-5-23)29(36)21-27-20-26(8-9-28(27)32)24-10-14-33-15-11-24/h4-11,14-15,20H,2-3,12-13,16-19,21-22,32H2,1H3. The Labute approximate surface area is 219 Å². The second kappa shape index (κ2) is 10.8. The summed E-state index contributed by atoms with van der Waals surface area (Å²) in [6, 6.07) is 18.0. The second-order valence-corrected chi connectivity index (χ2v) is 10.9. The van der Waals surface area contributed by atoms with E-state index in [-0.39, 0.29) is 23.7 Å². The lowest BCUT2D eigenvalue weighted by atomic mass is 9.75. The molecule has 0 radical (unpaired) electrons. The number of hydrogen-bond acceptors (Lipinski definition) is 4. The molecule has 2 aliphatic heterocycles. The molecular formula is C31H36N4O2. The molecule has 6 nitrogen and oxygen atoms in total. The number of ketones is 1. The van der Waals surface area contributed by atoms with Crippen LogP contribution in [0.2, 0.25) is 0 Å². The number of aromatic nitrogens is 1. The monoisotopic (exact) mass is 496 g/mol. The molecule has 192 valence electrons. The smallest absolute Gasteiger partial charge is 0.319 e. The highest BCUT2D eigenvalue weighted by Crippen LogP contribution is 2.35. The van der Waals surface area contributed by atoms with Crippen molar-refractivity contribution < 1.29 is 9.59 Å². The third-order valence-corrected chi connectivity index (χ3v) is 8.03. The predicted octanol–water partition coefficient (Wildman–Crippen LogP) is 5.62. The average molecular weight is 497 g/mol. The minimum Gasteiger partial charge on any atom is -0.398 e. The van der Waals surface area contributed by atoms with Crippen LogP contribution < -0.4 is 5.73 Å². The Hall–Kier alpha value is -3.67. The summed E-state index contributed by atoms with van der Waals surface area (Å²) in [7, 11) is 0. The van der Waals surface area contributed by atoms with E-state index in [1.165, 1.54) is 5.56 Å². The lowest BCUT2D eigenvalue weighted by Gasteiger charge is -2.40. The van der Waals surface area contributed by atoms with Crippen molar-refractivity contribution in [1.82, 2.24) is 14.8 Å². The van der Waals surface area contributed by atoms with Gasteiger partial charge in [-0.1, -0.05) is 37.3 Å². The molecule has 1 aromatic heterocycles. The molecule has 0 unspecified atom stereocenters. The molecule has 0 saturated carbocycles. The summed E-state index contributed by atoms with van der Waals surface area (Å²) in [5.41, 5.74) is 11.8. The van der Waals surface area contributed by atoms with Crippen molar-refractivity contribution in [2.24, 2.45) is 5.41 Å². The number of amides is 2. The third kappa shape index (κ3) is 5.85. The van der Waals surface area contributed by atoms with E-state index < -0.39 is 0 Å². The molecule has 37 heavy (non-hydrogen) atoms. The van der Waals surface area contributed by atoms with Gasteiger partial charge in [0.15, 0.2) is 5.78 Å². The minimum absolute atomic E-state index is 0.0603. The van der Waals surface area contributed by atoms with Gasteiger partial charge in [-0.15, -0.1) is 0 Å². The first-order valence-corrected chi connectivity index (χ1v) is 13.4. The van der Waals surface area contributed by atoms with E-state index in [9.17, 15) is 9.59 Å². The summed E-state index contributed by atoms with van der Waals surface area (Å²) in [5, 5.41) is 0. The van der Waals surface area contributed by atoms with E-state index in [2.05, 4.69) is 24.0 Å². The van der Waals surface area contributed by atoms with Gasteiger partial charge in [0.25, 0.3) is 0 Å². The van der Waals surface area contributed by atoms with Gasteiger partial charge in [-0.2, -0.15) is 0 Å². The van der Waals surface area contributed by atoms with Crippen molar-refractivity contribution >= 4 is 17.5 Å². The van der Waals surface area contributed by atoms with Gasteiger partial charge in [-0.3, -0.25) is 9.78 Å². The largest absolute Gasteiger partial charge is 0.398 e. The summed E-state index contributed by atoms with van der Waals surface area (Å²) in [4.78, 5) is 33.9. The maximum atomic E-state index is 13.1. The number of anilines is 1. The maximum Gasteiger partial charge on any atom is 0.319 e. The Morgan fingerprint density at radius 3 is 2.19 bits per heavy atom. The molecule has 2 amide bonds. The molecule has 3 aromatic rings. The minimum atomic E-state index is 0.0603. The highest BCUT2D eigenvalue weighted by molar-refractivity contribution is 5.98. The van der Waals surface area contributed by atoms with Gasteiger partial charge in [-0.05, 0) is 84.0 Å². The van der Waals surface area contributed by atoms with Crippen LogP contribution in [-0.2, 0) is 12.8 Å². The molecule has 2 fully saturated rings. The molecule has 2 aromatic carbocycles. The van der Waals surface area contributed by atoms with Crippen LogP contribution in [0.25, 0.3) is 11.1 Å². The van der Waals surface area contributed by atoms with Gasteiger partial charge in [0.1, 0.15) is 0 Å². The van der Waals surface area contributed by atoms with Gasteiger partial charge >= 0.3 is 6.03 Å². The summed E-state index contributed by atoms with van der Waals surface area (Å²) in [6.07, 6.45) is 8.99. The average Bonchev–Trinajstić information content (AvgIpc) is 3.46. The summed E-state index contributed by atoms with van der Waals surface area (Å²) in [5.74, 6) is 0.0603. The third-order valence-electron chi connectivity index (χ3n) is 8.03. The van der Waals surface area contributed by atoms with Crippen LogP contribution in [0.1, 0.15) is 54.1 Å². The normalized spacial score (nSPS) is 17.1. The van der Waals surface area contributed by atoms with Crippen LogP contribution in [0, 0.1) is 5.41 Å². The van der Waals surface area contributed by atoms with Crippen molar-refractivity contribution in [2.45, 2.75) is 45.4 Å². The fraction of sp³-hybridized carbons (Fsp3) is 0.387. The van der Waals surface area contributed by atoms with Gasteiger partial charge in [0.05, 0.1) is 0 Å². The quantitative estimate of drug-likeness (QED) is 0.355. The number of nitrogen functional groups attached to an aromatic ring is 1. The number of carbonyl (C=O) groups is 2. The molecule has 2 aliphatic rings. The van der Waals surface area contributed by atoms with Crippen molar-refractivity contribution in [3.05, 3.63) is 83.7 Å². The number of rotatable bonds is 6. The van der Waals surface area contributed by atoms with E-state index in [0.29, 0.717) is 11.3 Å². The van der Waals surface area contributed by atoms with Crippen molar-refractivity contribution in [3.63, 3.8) is 0 Å². The molecule has 2 saturated heterocycles. The Morgan fingerprint density at radius 1 is 0.865 bits per heavy atom. The first-order chi connectivity index (χ1) is 17.9. The molecule has 5 rings (SSSR count). The maximum absolute atomic E-state index is 13.1. The van der Waals surface area contributed by atoms with E-state index >= 15 is 0 Å². The van der Waals surface area contributed by atoms with E-state index in [1.807, 2.05) is 52.3 Å². The fourth-order valence-electron chi connectivity index (χ4n) is 5.58. The molecular weight excluding hydrogens is 460 g/mol. The number of carbonyl (C=O) groups excluding carboxylic acids is 2. The molecule has 0 spiro atoms. The molecule has 0 atom stereocenters. The first kappa shape index (κ1) is 25.0. The second-order valence-electron chi connectivity index (χ2n) is 10.9. The van der Waals surface area contributed by atoms with Crippen LogP contribution in [0.4, 0.5) is 10.5 Å². The van der Waals surface area contributed by atoms with Gasteiger partial charge in [0.2, 0.25) is 0 Å². The van der Waals surface area contributed by atoms with Crippen molar-refractivity contribution in [3.8, 4) is 11.1 Å². The van der Waals surface area contributed by atoms with Crippen LogP contribution in [0.15, 0.2) is 67.0 Å². The number of Topliss-reactive ketones (excluding diaryl/α,β-unsaturated/α-hetero) is 1. The number of benzene rings is 2. The number of pyridine rings is 1. The lowest BCUT2D eigenvalue weighted by Crippen LogP contribution is -2.48. The van der Waals surface area contributed by atoms with Gasteiger partial charge < -0.3 is 15.5 Å². The van der Waals surface area contributed by atoms with E-state index in [0.717, 1.165) is 75.0 Å². The SMILES string of the molecule is CC1(Cc2ccc(C(=O)Cc3cc(-c4ccncc4)ccc3N)cc2)CCN(C(=O)N2CCCC2)CC1. The van der Waals surface area contributed by atoms with E-state index in [1.54, 1.807) is 12.4 Å². The zero-order valence-electron chi connectivity index (χ0n) is 21.7. The Bertz CT molecular complexity index is 1240. The van der Waals surface area contributed by atoms with Crippen LogP contribution in [-0.4, -0.2) is 52.8 Å². The molecule has 6 heteroatoms. The van der Waals surface area contributed by atoms with Gasteiger partial charge in [-0.25, -0.2) is 4.79 Å². The van der Waals surface area contributed by atoms with Crippen LogP contribution in [0.5, 0.6) is 0 Å². The number of likely N-dealkylation sites (tertiary alicyclic amines) is 2. The zero-order chi connectivity index (χ0) is 25.8. The van der Waals surface area contributed by atoms with Crippen LogP contribution >= 0.6 is 0 Å². The molecule has 3 heterocycles. The highest BCUT2D eigenvalue weighted by Gasteiger charge is 2.34. The number of hydrogen-bond donors (Lipinski definition) is 1. The number of piperidine rings is 1. The van der Waals surface area contributed by atoms with Crippen molar-refractivity contribution in [1.29, 1.82) is 0 Å². The lowest BCUT2D eigenvalue weighted by molar-refractivity contribution is 0.0993. The Balaban J connectivity index is 1.19. The topological polar surface area (TPSA) is 79.5 Å². The fourth-order valence-corrected chi connectivity index (χ4v) is 5.58. The Morgan fingerprint density at radius 2 is 1.51 bits per heavy atom. The summed E-state index contributed by atoms with van der Waals surface area (Å²) < 4.78 is 0. The number of nitrogens with zero attached hydrogens (tertiary/aromatic N) is 3. The van der Waals surface area contributed by atoms with E-state index in [4.69, 9.17) is 5.73 Å². The molecule has 0 aliphatic carbocycles.